The predicted molar refractivity (Wildman–Crippen MR) is 62.7 cm³/mol. The number of rotatable bonds is 6. The molecule has 1 aliphatic carbocycles. The molecule has 6 heteroatoms. The fourth-order valence-electron chi connectivity index (χ4n) is 2.36. The van der Waals surface area contributed by atoms with E-state index >= 15 is 0 Å². The van der Waals surface area contributed by atoms with Gasteiger partial charge in [0.2, 0.25) is 0 Å². The van der Waals surface area contributed by atoms with Gasteiger partial charge < -0.3 is 4.74 Å². The van der Waals surface area contributed by atoms with Crippen LogP contribution in [0.1, 0.15) is 25.7 Å². The van der Waals surface area contributed by atoms with Crippen molar-refractivity contribution in [2.75, 3.05) is 25.0 Å². The van der Waals surface area contributed by atoms with E-state index < -0.39 is 18.2 Å². The first-order valence-electron chi connectivity index (χ1n) is 5.70. The summed E-state index contributed by atoms with van der Waals surface area (Å²) >= 11 is 11.8. The molecule has 0 amide bonds. The van der Waals surface area contributed by atoms with Crippen molar-refractivity contribution < 1.29 is 17.9 Å². The lowest BCUT2D eigenvalue weighted by atomic mass is 9.78. The molecule has 0 aliphatic heterocycles. The largest absolute Gasteiger partial charge is 0.411 e. The third-order valence-electron chi connectivity index (χ3n) is 3.41. The van der Waals surface area contributed by atoms with Gasteiger partial charge in [-0.25, -0.2) is 0 Å². The number of hydrogen-bond acceptors (Lipinski definition) is 1. The van der Waals surface area contributed by atoms with E-state index in [4.69, 9.17) is 27.9 Å². The predicted octanol–water partition coefficient (Wildman–Crippen LogP) is 4.22. The highest BCUT2D eigenvalue weighted by molar-refractivity contribution is 6.21. The maximum Gasteiger partial charge on any atom is 0.411 e. The summed E-state index contributed by atoms with van der Waals surface area (Å²) in [6.45, 7) is -1.24. The molecule has 0 aromatic rings. The quantitative estimate of drug-likeness (QED) is 0.666. The number of ether oxygens (including phenoxy) is 1. The monoisotopic (exact) mass is 292 g/mol. The van der Waals surface area contributed by atoms with Crippen molar-refractivity contribution in [1.82, 2.24) is 0 Å². The van der Waals surface area contributed by atoms with Crippen LogP contribution in [0.4, 0.5) is 13.2 Å². The van der Waals surface area contributed by atoms with Crippen LogP contribution in [0.3, 0.4) is 0 Å². The van der Waals surface area contributed by atoms with E-state index in [0.717, 1.165) is 25.7 Å². The van der Waals surface area contributed by atoms with Gasteiger partial charge in [-0.15, -0.1) is 23.2 Å². The van der Waals surface area contributed by atoms with Crippen LogP contribution in [-0.2, 0) is 4.74 Å². The van der Waals surface area contributed by atoms with Crippen molar-refractivity contribution in [3.8, 4) is 0 Å². The molecular weight excluding hydrogens is 276 g/mol. The van der Waals surface area contributed by atoms with Gasteiger partial charge in [-0.1, -0.05) is 12.8 Å². The molecule has 1 rings (SSSR count). The van der Waals surface area contributed by atoms with E-state index in [9.17, 15) is 13.2 Å². The third-order valence-corrected chi connectivity index (χ3v) is 4.47. The van der Waals surface area contributed by atoms with Gasteiger partial charge in [-0.05, 0) is 18.8 Å². The zero-order valence-corrected chi connectivity index (χ0v) is 11.0. The molecule has 0 heterocycles. The molecule has 0 bridgehead atoms. The van der Waals surface area contributed by atoms with E-state index in [-0.39, 0.29) is 24.3 Å². The van der Waals surface area contributed by atoms with Gasteiger partial charge in [0.1, 0.15) is 6.61 Å². The summed E-state index contributed by atoms with van der Waals surface area (Å²) in [6.07, 6.45) is -0.136. The van der Waals surface area contributed by atoms with Crippen LogP contribution in [0.2, 0.25) is 0 Å². The Kier molecular flexibility index (Phi) is 5.87. The molecular formula is C11H17Cl2F3O. The average Bonchev–Trinajstić information content (AvgIpc) is 2.77. The van der Waals surface area contributed by atoms with E-state index in [0.29, 0.717) is 0 Å². The zero-order chi connectivity index (χ0) is 12.9. The second kappa shape index (κ2) is 6.48. The van der Waals surface area contributed by atoms with Gasteiger partial charge >= 0.3 is 6.18 Å². The molecule has 1 fully saturated rings. The summed E-state index contributed by atoms with van der Waals surface area (Å²) in [4.78, 5) is 0. The first-order chi connectivity index (χ1) is 7.93. The summed E-state index contributed by atoms with van der Waals surface area (Å²) in [7, 11) is 0. The summed E-state index contributed by atoms with van der Waals surface area (Å²) in [5.41, 5.74) is -0.509. The number of halogens is 5. The minimum Gasteiger partial charge on any atom is -0.371 e. The lowest BCUT2D eigenvalue weighted by Gasteiger charge is -2.35. The maximum atomic E-state index is 12.0. The second-order valence-corrected chi connectivity index (χ2v) is 5.25. The summed E-state index contributed by atoms with van der Waals surface area (Å²) < 4.78 is 40.8. The van der Waals surface area contributed by atoms with Crippen LogP contribution < -0.4 is 0 Å². The van der Waals surface area contributed by atoms with Gasteiger partial charge in [0, 0.05) is 17.2 Å². The Hall–Kier alpha value is 0.330. The molecule has 0 unspecified atom stereocenters. The maximum absolute atomic E-state index is 12.0. The minimum atomic E-state index is -4.29. The Morgan fingerprint density at radius 1 is 1.00 bits per heavy atom. The SMILES string of the molecule is FC(F)(F)COCC(CCl)(CCl)C1CCCC1. The molecule has 0 radical (unpaired) electrons. The first-order valence-corrected chi connectivity index (χ1v) is 6.77. The molecule has 0 N–H and O–H groups in total. The van der Waals surface area contributed by atoms with Crippen molar-refractivity contribution in [3.63, 3.8) is 0 Å². The molecule has 102 valence electrons. The molecule has 1 saturated carbocycles. The van der Waals surface area contributed by atoms with Crippen LogP contribution in [0, 0.1) is 11.3 Å². The van der Waals surface area contributed by atoms with Crippen LogP contribution >= 0.6 is 23.2 Å². The Morgan fingerprint density at radius 3 is 1.94 bits per heavy atom. The van der Waals surface area contributed by atoms with E-state index in [1.807, 2.05) is 0 Å². The highest BCUT2D eigenvalue weighted by Gasteiger charge is 2.40. The van der Waals surface area contributed by atoms with Gasteiger partial charge in [-0.3, -0.25) is 0 Å². The topological polar surface area (TPSA) is 9.23 Å². The van der Waals surface area contributed by atoms with Crippen LogP contribution in [-0.4, -0.2) is 31.2 Å². The standard InChI is InChI=1S/C11H17Cl2F3O/c12-5-10(6-13,9-3-1-2-4-9)7-17-8-11(14,15)16/h9H,1-8H2. The minimum absolute atomic E-state index is 0.00975. The van der Waals surface area contributed by atoms with Crippen LogP contribution in [0.5, 0.6) is 0 Å². The molecule has 0 atom stereocenters. The fourth-order valence-corrected chi connectivity index (χ4v) is 3.23. The Morgan fingerprint density at radius 2 is 1.53 bits per heavy atom. The average molecular weight is 293 g/mol. The van der Waals surface area contributed by atoms with Crippen molar-refractivity contribution >= 4 is 23.2 Å². The van der Waals surface area contributed by atoms with E-state index in [1.54, 1.807) is 0 Å². The van der Waals surface area contributed by atoms with Gasteiger partial charge in [0.15, 0.2) is 0 Å². The number of alkyl halides is 5. The number of hydrogen-bond donors (Lipinski definition) is 0. The molecule has 17 heavy (non-hydrogen) atoms. The summed E-state index contributed by atoms with van der Waals surface area (Å²) in [5, 5.41) is 0. The van der Waals surface area contributed by atoms with Crippen molar-refractivity contribution in [3.05, 3.63) is 0 Å². The molecule has 0 aromatic carbocycles. The normalized spacial score (nSPS) is 18.9. The molecule has 1 nitrogen and oxygen atoms in total. The van der Waals surface area contributed by atoms with Crippen molar-refractivity contribution in [2.45, 2.75) is 31.9 Å². The van der Waals surface area contributed by atoms with Gasteiger partial charge in [0.05, 0.1) is 6.61 Å². The Balaban J connectivity index is 2.52. The fraction of sp³-hybridized carbons (Fsp3) is 1.00. The lowest BCUT2D eigenvalue weighted by molar-refractivity contribution is -0.181. The lowest BCUT2D eigenvalue weighted by Crippen LogP contribution is -2.39. The van der Waals surface area contributed by atoms with Crippen molar-refractivity contribution in [1.29, 1.82) is 0 Å². The zero-order valence-electron chi connectivity index (χ0n) is 9.53. The molecule has 1 aliphatic rings. The molecule has 0 spiro atoms. The van der Waals surface area contributed by atoms with Crippen LogP contribution in [0.15, 0.2) is 0 Å². The third kappa shape index (κ3) is 4.49. The highest BCUT2D eigenvalue weighted by atomic mass is 35.5. The van der Waals surface area contributed by atoms with Crippen molar-refractivity contribution in [2.24, 2.45) is 11.3 Å². The second-order valence-electron chi connectivity index (χ2n) is 4.72. The Labute approximate surface area is 110 Å². The summed E-state index contributed by atoms with van der Waals surface area (Å²) in [6, 6.07) is 0. The molecule has 0 aromatic heterocycles. The first kappa shape index (κ1) is 15.4. The highest BCUT2D eigenvalue weighted by Crippen LogP contribution is 2.42. The van der Waals surface area contributed by atoms with E-state index in [1.165, 1.54) is 0 Å². The van der Waals surface area contributed by atoms with Gasteiger partial charge in [0.25, 0.3) is 0 Å². The summed E-state index contributed by atoms with van der Waals surface area (Å²) in [5.74, 6) is 0.781. The van der Waals surface area contributed by atoms with Gasteiger partial charge in [-0.2, -0.15) is 13.2 Å². The van der Waals surface area contributed by atoms with E-state index in [2.05, 4.69) is 0 Å². The smallest absolute Gasteiger partial charge is 0.371 e. The van der Waals surface area contributed by atoms with Crippen LogP contribution in [0.25, 0.3) is 0 Å². The molecule has 0 saturated heterocycles. The Bertz CT molecular complexity index is 223.